The Morgan fingerprint density at radius 1 is 0.759 bits per heavy atom. The summed E-state index contributed by atoms with van der Waals surface area (Å²) < 4.78 is 0. The highest BCUT2D eigenvalue weighted by molar-refractivity contribution is 5.49. The summed E-state index contributed by atoms with van der Waals surface area (Å²) in [7, 11) is 0. The highest BCUT2D eigenvalue weighted by atomic mass is 16.3. The molecular formula is C28H50O. The van der Waals surface area contributed by atoms with Gasteiger partial charge in [0.2, 0.25) is 0 Å². The van der Waals surface area contributed by atoms with Crippen LogP contribution < -0.4 is 0 Å². The molecule has 1 nitrogen and oxygen atoms in total. The van der Waals surface area contributed by atoms with Gasteiger partial charge in [-0.25, -0.2) is 0 Å². The van der Waals surface area contributed by atoms with Crippen molar-refractivity contribution < 1.29 is 5.11 Å². The lowest BCUT2D eigenvalue weighted by Crippen LogP contribution is -2.24. The number of hydrogen-bond donors (Lipinski definition) is 1. The zero-order valence-electron chi connectivity index (χ0n) is 21.2. The molecular weight excluding hydrogens is 352 g/mol. The van der Waals surface area contributed by atoms with E-state index in [9.17, 15) is 5.11 Å². The van der Waals surface area contributed by atoms with Crippen LogP contribution in [-0.2, 0) is 17.3 Å². The summed E-state index contributed by atoms with van der Waals surface area (Å²) in [6, 6.07) is 4.61. The van der Waals surface area contributed by atoms with Crippen molar-refractivity contribution in [2.45, 2.75) is 137 Å². The number of phenolic OH excluding ortho intramolecular Hbond substituents is 1. The maximum Gasteiger partial charge on any atom is 0.122 e. The van der Waals surface area contributed by atoms with Gasteiger partial charge < -0.3 is 5.11 Å². The standard InChI is InChI=1S/C28H50O/c1-10-14-15-16-17-18-28(9,13-4)24-20-23(26(5,6)7)19-22(25(24)29)21-27(8,11-2)12-3/h19-20,29H,10-18,21H2,1-9H3. The average Bonchev–Trinajstić information content (AvgIpc) is 2.68. The normalized spacial score (nSPS) is 14.8. The molecule has 0 saturated carbocycles. The molecule has 0 radical (unpaired) electrons. The minimum Gasteiger partial charge on any atom is -0.507 e. The van der Waals surface area contributed by atoms with E-state index in [1.54, 1.807) is 0 Å². The molecule has 1 N–H and O–H groups in total. The molecule has 0 amide bonds. The van der Waals surface area contributed by atoms with Gasteiger partial charge in [0.05, 0.1) is 0 Å². The molecule has 1 aromatic carbocycles. The topological polar surface area (TPSA) is 20.2 Å². The molecule has 0 spiro atoms. The fourth-order valence-electron chi connectivity index (χ4n) is 4.30. The van der Waals surface area contributed by atoms with E-state index in [0.717, 1.165) is 37.7 Å². The fourth-order valence-corrected chi connectivity index (χ4v) is 4.30. The average molecular weight is 403 g/mol. The second kappa shape index (κ2) is 10.9. The van der Waals surface area contributed by atoms with E-state index in [0.29, 0.717) is 5.75 Å². The van der Waals surface area contributed by atoms with Crippen LogP contribution >= 0.6 is 0 Å². The molecule has 0 aliphatic rings. The van der Waals surface area contributed by atoms with E-state index in [2.05, 4.69) is 74.4 Å². The second-order valence-corrected chi connectivity index (χ2v) is 11.1. The van der Waals surface area contributed by atoms with Crippen molar-refractivity contribution in [1.82, 2.24) is 0 Å². The van der Waals surface area contributed by atoms with E-state index >= 15 is 0 Å². The highest BCUT2D eigenvalue weighted by Crippen LogP contribution is 2.44. The predicted molar refractivity (Wildman–Crippen MR) is 130 cm³/mol. The lowest BCUT2D eigenvalue weighted by Gasteiger charge is -2.34. The van der Waals surface area contributed by atoms with Crippen LogP contribution in [0.2, 0.25) is 0 Å². The first-order chi connectivity index (χ1) is 13.5. The number of phenols is 1. The SMILES string of the molecule is CCCCCCCC(C)(CC)c1cc(C(C)(C)C)cc(CC(C)(CC)CC)c1O. The van der Waals surface area contributed by atoms with Crippen LogP contribution in [0.5, 0.6) is 5.75 Å². The van der Waals surface area contributed by atoms with Crippen molar-refractivity contribution in [3.05, 3.63) is 28.8 Å². The molecule has 0 aromatic heterocycles. The first-order valence-corrected chi connectivity index (χ1v) is 12.3. The highest BCUT2D eigenvalue weighted by Gasteiger charge is 2.32. The van der Waals surface area contributed by atoms with Gasteiger partial charge in [0.25, 0.3) is 0 Å². The quantitative estimate of drug-likeness (QED) is 0.346. The summed E-state index contributed by atoms with van der Waals surface area (Å²) in [5, 5.41) is 11.4. The van der Waals surface area contributed by atoms with Crippen molar-refractivity contribution in [3.8, 4) is 5.75 Å². The Labute approximate surface area is 182 Å². The van der Waals surface area contributed by atoms with Gasteiger partial charge >= 0.3 is 0 Å². The maximum atomic E-state index is 11.4. The molecule has 1 atom stereocenters. The lowest BCUT2D eigenvalue weighted by atomic mass is 9.71. The third-order valence-corrected chi connectivity index (χ3v) is 7.64. The molecule has 168 valence electrons. The third-order valence-electron chi connectivity index (χ3n) is 7.64. The summed E-state index contributed by atoms with van der Waals surface area (Å²) in [5.74, 6) is 0.573. The van der Waals surface area contributed by atoms with Gasteiger partial charge in [-0.1, -0.05) is 119 Å². The maximum absolute atomic E-state index is 11.4. The largest absolute Gasteiger partial charge is 0.507 e. The molecule has 29 heavy (non-hydrogen) atoms. The van der Waals surface area contributed by atoms with Crippen molar-refractivity contribution in [2.24, 2.45) is 5.41 Å². The van der Waals surface area contributed by atoms with Gasteiger partial charge in [-0.3, -0.25) is 0 Å². The Hall–Kier alpha value is -0.980. The van der Waals surface area contributed by atoms with Crippen LogP contribution in [0.3, 0.4) is 0 Å². The first-order valence-electron chi connectivity index (χ1n) is 12.3. The van der Waals surface area contributed by atoms with Crippen molar-refractivity contribution in [2.75, 3.05) is 0 Å². The van der Waals surface area contributed by atoms with Gasteiger partial charge in [0, 0.05) is 5.56 Å². The van der Waals surface area contributed by atoms with Gasteiger partial charge in [0.1, 0.15) is 5.75 Å². The lowest BCUT2D eigenvalue weighted by molar-refractivity contribution is 0.289. The summed E-state index contributed by atoms with van der Waals surface area (Å²) in [4.78, 5) is 0. The molecule has 0 aliphatic carbocycles. The summed E-state index contributed by atoms with van der Waals surface area (Å²) in [5.41, 5.74) is 4.08. The molecule has 1 aromatic rings. The van der Waals surface area contributed by atoms with Crippen LogP contribution in [0.15, 0.2) is 12.1 Å². The molecule has 1 rings (SSSR count). The smallest absolute Gasteiger partial charge is 0.122 e. The van der Waals surface area contributed by atoms with E-state index in [-0.39, 0.29) is 16.2 Å². The van der Waals surface area contributed by atoms with Crippen LogP contribution in [0.4, 0.5) is 0 Å². The first kappa shape index (κ1) is 26.1. The predicted octanol–water partition coefficient (Wildman–Crippen LogP) is 9.09. The van der Waals surface area contributed by atoms with E-state index in [1.807, 2.05) is 0 Å². The Bertz CT molecular complexity index is 618. The molecule has 1 unspecified atom stereocenters. The van der Waals surface area contributed by atoms with Crippen molar-refractivity contribution >= 4 is 0 Å². The van der Waals surface area contributed by atoms with Crippen LogP contribution in [0, 0.1) is 5.41 Å². The van der Waals surface area contributed by atoms with Gasteiger partial charge in [-0.05, 0) is 46.6 Å². The Morgan fingerprint density at radius 2 is 1.34 bits per heavy atom. The number of rotatable bonds is 12. The third kappa shape index (κ3) is 7.04. The minimum absolute atomic E-state index is 0.0428. The van der Waals surface area contributed by atoms with Gasteiger partial charge in [-0.2, -0.15) is 0 Å². The molecule has 0 bridgehead atoms. The summed E-state index contributed by atoms with van der Waals surface area (Å²) in [6.07, 6.45) is 12.0. The van der Waals surface area contributed by atoms with Crippen molar-refractivity contribution in [3.63, 3.8) is 0 Å². The van der Waals surface area contributed by atoms with E-state index < -0.39 is 0 Å². The van der Waals surface area contributed by atoms with Crippen molar-refractivity contribution in [1.29, 1.82) is 0 Å². The monoisotopic (exact) mass is 402 g/mol. The molecule has 0 saturated heterocycles. The zero-order valence-corrected chi connectivity index (χ0v) is 21.2. The Morgan fingerprint density at radius 3 is 1.83 bits per heavy atom. The van der Waals surface area contributed by atoms with Crippen LogP contribution in [0.25, 0.3) is 0 Å². The number of aromatic hydroxyl groups is 1. The van der Waals surface area contributed by atoms with Crippen LogP contribution in [0.1, 0.15) is 137 Å². The number of benzene rings is 1. The summed E-state index contributed by atoms with van der Waals surface area (Å²) in [6.45, 7) is 20.7. The molecule has 0 aliphatic heterocycles. The number of hydrogen-bond acceptors (Lipinski definition) is 1. The van der Waals surface area contributed by atoms with Crippen LogP contribution in [-0.4, -0.2) is 5.11 Å². The number of unbranched alkanes of at least 4 members (excludes halogenated alkanes) is 4. The Balaban J connectivity index is 3.36. The molecule has 0 heterocycles. The zero-order chi connectivity index (χ0) is 22.3. The molecule has 1 heteroatoms. The Kier molecular flexibility index (Phi) is 9.77. The summed E-state index contributed by atoms with van der Waals surface area (Å²) >= 11 is 0. The minimum atomic E-state index is 0.0428. The van der Waals surface area contributed by atoms with E-state index in [1.165, 1.54) is 43.2 Å². The van der Waals surface area contributed by atoms with Gasteiger partial charge in [-0.15, -0.1) is 0 Å². The molecule has 0 fully saturated rings. The van der Waals surface area contributed by atoms with Gasteiger partial charge in [0.15, 0.2) is 0 Å². The second-order valence-electron chi connectivity index (χ2n) is 11.1. The van der Waals surface area contributed by atoms with E-state index in [4.69, 9.17) is 0 Å². The fraction of sp³-hybridized carbons (Fsp3) is 0.786.